The third kappa shape index (κ3) is 2.50. The van der Waals surface area contributed by atoms with Crippen LogP contribution >= 0.6 is 11.8 Å². The number of rotatable bonds is 2. The number of nitrogens with zero attached hydrogens (tertiary/aromatic N) is 2. The van der Waals surface area contributed by atoms with Crippen LogP contribution < -0.4 is 5.32 Å². The van der Waals surface area contributed by atoms with Gasteiger partial charge in [-0.15, -0.1) is 0 Å². The molecule has 1 fully saturated rings. The molecule has 5 nitrogen and oxygen atoms in total. The van der Waals surface area contributed by atoms with Crippen molar-refractivity contribution in [2.45, 2.75) is 13.8 Å². The van der Waals surface area contributed by atoms with Gasteiger partial charge in [-0.25, -0.2) is 0 Å². The van der Waals surface area contributed by atoms with Gasteiger partial charge in [-0.2, -0.15) is 0 Å². The summed E-state index contributed by atoms with van der Waals surface area (Å²) >= 11 is 0.928. The maximum atomic E-state index is 11.6. The zero-order chi connectivity index (χ0) is 15.0. The summed E-state index contributed by atoms with van der Waals surface area (Å²) in [5.41, 5.74) is 3.93. The van der Waals surface area contributed by atoms with Crippen LogP contribution in [0, 0.1) is 13.8 Å². The van der Waals surface area contributed by atoms with Gasteiger partial charge in [0.05, 0.1) is 16.8 Å². The monoisotopic (exact) mass is 299 g/mol. The summed E-state index contributed by atoms with van der Waals surface area (Å²) in [6, 6.07) is 5.85. The molecule has 0 unspecified atom stereocenters. The Balaban J connectivity index is 2.05. The fourth-order valence-corrected chi connectivity index (χ4v) is 3.05. The summed E-state index contributed by atoms with van der Waals surface area (Å²) < 4.78 is 2.07. The minimum Gasteiger partial charge on any atom is -0.316 e. The summed E-state index contributed by atoms with van der Waals surface area (Å²) in [6.45, 7) is 3.97. The lowest BCUT2D eigenvalue weighted by Gasteiger charge is -2.08. The van der Waals surface area contributed by atoms with E-state index in [1.807, 2.05) is 32.0 Å². The van der Waals surface area contributed by atoms with Gasteiger partial charge in [-0.3, -0.25) is 19.9 Å². The Morgan fingerprint density at radius 2 is 2.14 bits per heavy atom. The molecule has 6 heteroatoms. The molecule has 3 rings (SSSR count). The molecular weight excluding hydrogens is 286 g/mol. The topological polar surface area (TPSA) is 64.0 Å². The molecule has 0 saturated carbocycles. The Morgan fingerprint density at radius 3 is 2.76 bits per heavy atom. The van der Waals surface area contributed by atoms with Gasteiger partial charge in [-0.05, 0) is 55.4 Å². The second-order valence-corrected chi connectivity index (χ2v) is 5.74. The second-order valence-electron chi connectivity index (χ2n) is 4.73. The van der Waals surface area contributed by atoms with E-state index < -0.39 is 0 Å². The van der Waals surface area contributed by atoms with Crippen molar-refractivity contribution in [1.82, 2.24) is 14.9 Å². The van der Waals surface area contributed by atoms with Crippen molar-refractivity contribution in [3.63, 3.8) is 0 Å². The van der Waals surface area contributed by atoms with Crippen molar-refractivity contribution in [2.24, 2.45) is 0 Å². The highest BCUT2D eigenvalue weighted by molar-refractivity contribution is 8.18. The summed E-state index contributed by atoms with van der Waals surface area (Å²) in [7, 11) is 0. The molecule has 1 aliphatic heterocycles. The number of hydrogen-bond acceptors (Lipinski definition) is 4. The fraction of sp³-hybridized carbons (Fsp3) is 0.133. The third-order valence-corrected chi connectivity index (χ3v) is 4.11. The number of imide groups is 1. The van der Waals surface area contributed by atoms with Crippen LogP contribution in [0.1, 0.15) is 17.0 Å². The number of pyridine rings is 1. The summed E-state index contributed by atoms with van der Waals surface area (Å²) in [4.78, 5) is 27.4. The number of thioether (sulfide) groups is 1. The van der Waals surface area contributed by atoms with Gasteiger partial charge in [0.15, 0.2) is 0 Å². The first-order valence-corrected chi connectivity index (χ1v) is 7.22. The minimum atomic E-state index is -0.337. The number of aromatic nitrogens is 2. The van der Waals surface area contributed by atoms with Gasteiger partial charge >= 0.3 is 0 Å². The predicted molar refractivity (Wildman–Crippen MR) is 82.1 cm³/mol. The first kappa shape index (κ1) is 13.6. The SMILES string of the molecule is Cc1cc(C=C2SC(=O)NC2=O)c(C)n1-c1cccnc1. The quantitative estimate of drug-likeness (QED) is 0.866. The molecule has 0 aromatic carbocycles. The smallest absolute Gasteiger partial charge is 0.290 e. The molecule has 1 saturated heterocycles. The van der Waals surface area contributed by atoms with Crippen LogP contribution in [0.4, 0.5) is 4.79 Å². The number of hydrogen-bond donors (Lipinski definition) is 1. The van der Waals surface area contributed by atoms with Crippen LogP contribution in [0.15, 0.2) is 35.5 Å². The average molecular weight is 299 g/mol. The van der Waals surface area contributed by atoms with E-state index in [0.29, 0.717) is 4.91 Å². The Labute approximate surface area is 126 Å². The van der Waals surface area contributed by atoms with E-state index in [9.17, 15) is 9.59 Å². The van der Waals surface area contributed by atoms with Gasteiger partial charge in [0, 0.05) is 17.6 Å². The van der Waals surface area contributed by atoms with E-state index in [2.05, 4.69) is 14.9 Å². The first-order chi connectivity index (χ1) is 10.1. The van der Waals surface area contributed by atoms with Crippen LogP contribution in [0.5, 0.6) is 0 Å². The predicted octanol–water partition coefficient (Wildman–Crippen LogP) is 2.81. The largest absolute Gasteiger partial charge is 0.316 e. The van der Waals surface area contributed by atoms with Crippen LogP contribution in [0.25, 0.3) is 11.8 Å². The Kier molecular flexibility index (Phi) is 3.39. The van der Waals surface area contributed by atoms with Crippen molar-refractivity contribution in [1.29, 1.82) is 0 Å². The fourth-order valence-electron chi connectivity index (χ4n) is 2.38. The molecule has 0 aliphatic carbocycles. The van der Waals surface area contributed by atoms with Gasteiger partial charge in [0.1, 0.15) is 0 Å². The lowest BCUT2D eigenvalue weighted by atomic mass is 10.2. The number of carbonyl (C=O) groups is 2. The zero-order valence-corrected chi connectivity index (χ0v) is 12.4. The Hall–Kier alpha value is -2.34. The highest BCUT2D eigenvalue weighted by Gasteiger charge is 2.25. The van der Waals surface area contributed by atoms with Crippen molar-refractivity contribution >= 4 is 29.0 Å². The lowest BCUT2D eigenvalue weighted by Crippen LogP contribution is -2.17. The van der Waals surface area contributed by atoms with Crippen LogP contribution in [-0.2, 0) is 4.79 Å². The summed E-state index contributed by atoms with van der Waals surface area (Å²) in [5, 5.41) is 1.93. The molecular formula is C15H13N3O2S. The molecule has 0 radical (unpaired) electrons. The van der Waals surface area contributed by atoms with Gasteiger partial charge in [-0.1, -0.05) is 0 Å². The second kappa shape index (κ2) is 5.21. The van der Waals surface area contributed by atoms with Crippen LogP contribution in [-0.4, -0.2) is 20.7 Å². The average Bonchev–Trinajstić information content (AvgIpc) is 2.91. The number of amides is 2. The van der Waals surface area contributed by atoms with E-state index in [1.165, 1.54) is 0 Å². The Morgan fingerprint density at radius 1 is 1.33 bits per heavy atom. The van der Waals surface area contributed by atoms with Crippen molar-refractivity contribution in [3.05, 3.63) is 52.4 Å². The van der Waals surface area contributed by atoms with Crippen LogP contribution in [0.3, 0.4) is 0 Å². The number of carbonyl (C=O) groups excluding carboxylic acids is 2. The molecule has 3 heterocycles. The standard InChI is InChI=1S/C15H13N3O2S/c1-9-6-11(7-13-14(19)17-15(20)21-13)10(2)18(9)12-4-3-5-16-8-12/h3-8H,1-2H3,(H,17,19,20). The highest BCUT2D eigenvalue weighted by Crippen LogP contribution is 2.28. The van der Waals surface area contributed by atoms with E-state index in [1.54, 1.807) is 18.5 Å². The minimum absolute atomic E-state index is 0.327. The van der Waals surface area contributed by atoms with Gasteiger partial charge in [0.25, 0.3) is 11.1 Å². The molecule has 1 N–H and O–H groups in total. The molecule has 1 aliphatic rings. The summed E-state index contributed by atoms with van der Waals surface area (Å²) in [5.74, 6) is -0.337. The van der Waals surface area contributed by atoms with Crippen molar-refractivity contribution in [3.8, 4) is 5.69 Å². The van der Waals surface area contributed by atoms with Gasteiger partial charge < -0.3 is 4.57 Å². The van der Waals surface area contributed by atoms with E-state index in [-0.39, 0.29) is 11.1 Å². The molecule has 0 bridgehead atoms. The van der Waals surface area contributed by atoms with Crippen molar-refractivity contribution in [2.75, 3.05) is 0 Å². The van der Waals surface area contributed by atoms with Crippen LogP contribution in [0.2, 0.25) is 0 Å². The molecule has 2 aromatic rings. The molecule has 0 atom stereocenters. The Bertz CT molecular complexity index is 763. The molecule has 2 aromatic heterocycles. The maximum absolute atomic E-state index is 11.6. The molecule has 106 valence electrons. The van der Waals surface area contributed by atoms with Crippen molar-refractivity contribution < 1.29 is 9.59 Å². The molecule has 21 heavy (non-hydrogen) atoms. The number of nitrogens with one attached hydrogen (secondary N) is 1. The zero-order valence-electron chi connectivity index (χ0n) is 11.6. The maximum Gasteiger partial charge on any atom is 0.290 e. The third-order valence-electron chi connectivity index (χ3n) is 3.30. The lowest BCUT2D eigenvalue weighted by molar-refractivity contribution is -0.115. The first-order valence-electron chi connectivity index (χ1n) is 6.40. The molecule has 2 amide bonds. The highest BCUT2D eigenvalue weighted by atomic mass is 32.2. The van der Waals surface area contributed by atoms with E-state index >= 15 is 0 Å². The van der Waals surface area contributed by atoms with Gasteiger partial charge in [0.2, 0.25) is 0 Å². The normalized spacial score (nSPS) is 16.6. The summed E-state index contributed by atoms with van der Waals surface area (Å²) in [6.07, 6.45) is 5.27. The van der Waals surface area contributed by atoms with E-state index in [4.69, 9.17) is 0 Å². The van der Waals surface area contributed by atoms with E-state index in [0.717, 1.165) is 34.4 Å². The number of aryl methyl sites for hydroxylation is 1. The molecule has 0 spiro atoms.